The number of carbonyl (C=O) groups excluding carboxylic acids is 2. The van der Waals surface area contributed by atoms with E-state index in [1.165, 1.54) is 24.0 Å². The molecular formula is C27H40N2O4. The standard InChI is InChI=1S/C27H40N2O4/c1-2-3-7-25(30)33-27(26(28)31)14-8-20(9-15-27)10-16-29-17-11-21(12-18-29)22-5-4-6-24-23(22)13-19-32-24/h4-6,20-21H,2-3,7-19H2,1H3,(H2,28,31). The molecule has 0 radical (unpaired) electrons. The molecule has 1 saturated carbocycles. The zero-order chi connectivity index (χ0) is 23.3. The van der Waals surface area contributed by atoms with Crippen LogP contribution in [0.3, 0.4) is 0 Å². The summed E-state index contributed by atoms with van der Waals surface area (Å²) < 4.78 is 11.4. The van der Waals surface area contributed by atoms with Gasteiger partial charge in [0.25, 0.3) is 5.91 Å². The van der Waals surface area contributed by atoms with E-state index in [0.717, 1.165) is 70.5 Å². The number of fused-ring (bicyclic) bond motifs is 1. The molecule has 2 fully saturated rings. The molecule has 2 heterocycles. The lowest BCUT2D eigenvalue weighted by Crippen LogP contribution is -2.50. The molecule has 1 aliphatic carbocycles. The number of hydrogen-bond acceptors (Lipinski definition) is 5. The van der Waals surface area contributed by atoms with Crippen LogP contribution in [-0.2, 0) is 20.7 Å². The maximum Gasteiger partial charge on any atom is 0.306 e. The Bertz CT molecular complexity index is 823. The van der Waals surface area contributed by atoms with E-state index in [9.17, 15) is 9.59 Å². The molecule has 182 valence electrons. The molecule has 2 N–H and O–H groups in total. The summed E-state index contributed by atoms with van der Waals surface area (Å²) >= 11 is 0. The van der Waals surface area contributed by atoms with Crippen molar-refractivity contribution < 1.29 is 19.1 Å². The summed E-state index contributed by atoms with van der Waals surface area (Å²) in [6.07, 6.45) is 9.61. The molecule has 0 bridgehead atoms. The van der Waals surface area contributed by atoms with Crippen LogP contribution < -0.4 is 10.5 Å². The van der Waals surface area contributed by atoms with E-state index >= 15 is 0 Å². The van der Waals surface area contributed by atoms with Crippen LogP contribution in [0, 0.1) is 5.92 Å². The Kier molecular flexibility index (Phi) is 7.94. The van der Waals surface area contributed by atoms with Crippen LogP contribution in [0.15, 0.2) is 18.2 Å². The molecule has 6 heteroatoms. The molecule has 0 aromatic heterocycles. The van der Waals surface area contributed by atoms with Crippen LogP contribution >= 0.6 is 0 Å². The maximum atomic E-state index is 12.1. The third kappa shape index (κ3) is 5.71. The van der Waals surface area contributed by atoms with Crippen molar-refractivity contribution in [3.05, 3.63) is 29.3 Å². The summed E-state index contributed by atoms with van der Waals surface area (Å²) in [7, 11) is 0. The van der Waals surface area contributed by atoms with Gasteiger partial charge in [0, 0.05) is 18.4 Å². The number of nitrogens with zero attached hydrogens (tertiary/aromatic N) is 1. The van der Waals surface area contributed by atoms with Gasteiger partial charge in [-0.1, -0.05) is 25.5 Å². The van der Waals surface area contributed by atoms with E-state index in [1.54, 1.807) is 0 Å². The molecule has 2 aliphatic heterocycles. The summed E-state index contributed by atoms with van der Waals surface area (Å²) in [6, 6.07) is 6.54. The highest BCUT2D eigenvalue weighted by atomic mass is 16.6. The molecule has 1 saturated heterocycles. The summed E-state index contributed by atoms with van der Waals surface area (Å²) in [5.74, 6) is 1.54. The van der Waals surface area contributed by atoms with Gasteiger partial charge in [-0.15, -0.1) is 0 Å². The van der Waals surface area contributed by atoms with Gasteiger partial charge in [0.1, 0.15) is 5.75 Å². The SMILES string of the molecule is CCCCC(=O)OC1(C(N)=O)CCC(CCN2CCC(c3cccc4c3CCO4)CC2)CC1. The number of primary amides is 1. The molecule has 3 aliphatic rings. The van der Waals surface area contributed by atoms with E-state index < -0.39 is 11.5 Å². The first-order chi connectivity index (χ1) is 16.0. The second-order valence-electron chi connectivity index (χ2n) is 10.2. The average molecular weight is 457 g/mol. The van der Waals surface area contributed by atoms with Gasteiger partial charge < -0.3 is 20.1 Å². The first-order valence-electron chi connectivity index (χ1n) is 13.0. The van der Waals surface area contributed by atoms with Gasteiger partial charge in [-0.25, -0.2) is 0 Å². The fourth-order valence-electron chi connectivity index (χ4n) is 5.89. The van der Waals surface area contributed by atoms with Gasteiger partial charge in [0.2, 0.25) is 0 Å². The van der Waals surface area contributed by atoms with Crippen LogP contribution in [0.25, 0.3) is 0 Å². The summed E-state index contributed by atoms with van der Waals surface area (Å²) in [5, 5.41) is 0. The van der Waals surface area contributed by atoms with Crippen molar-refractivity contribution >= 4 is 11.9 Å². The maximum absolute atomic E-state index is 12.1. The molecule has 0 atom stereocenters. The van der Waals surface area contributed by atoms with Crippen molar-refractivity contribution in [3.63, 3.8) is 0 Å². The lowest BCUT2D eigenvalue weighted by Gasteiger charge is -2.38. The normalized spacial score (nSPS) is 25.9. The van der Waals surface area contributed by atoms with Crippen LogP contribution in [0.4, 0.5) is 0 Å². The predicted octanol–water partition coefficient (Wildman–Crippen LogP) is 4.34. The zero-order valence-electron chi connectivity index (χ0n) is 20.2. The van der Waals surface area contributed by atoms with E-state index in [0.29, 0.717) is 31.1 Å². The number of carbonyl (C=O) groups is 2. The van der Waals surface area contributed by atoms with Crippen LogP contribution in [0.5, 0.6) is 5.75 Å². The fraction of sp³-hybridized carbons (Fsp3) is 0.704. The summed E-state index contributed by atoms with van der Waals surface area (Å²) in [6.45, 7) is 6.24. The number of esters is 1. The third-order valence-corrected chi connectivity index (χ3v) is 8.07. The number of ether oxygens (including phenoxy) is 2. The highest BCUT2D eigenvalue weighted by Crippen LogP contribution is 2.39. The largest absolute Gasteiger partial charge is 0.493 e. The van der Waals surface area contributed by atoms with Gasteiger partial charge in [-0.3, -0.25) is 9.59 Å². The molecule has 6 nitrogen and oxygen atoms in total. The third-order valence-electron chi connectivity index (χ3n) is 8.07. The minimum absolute atomic E-state index is 0.285. The first kappa shape index (κ1) is 24.1. The number of rotatable bonds is 9. The van der Waals surface area contributed by atoms with Gasteiger partial charge in [-0.05, 0) is 94.5 Å². The van der Waals surface area contributed by atoms with Gasteiger partial charge in [-0.2, -0.15) is 0 Å². The Labute approximate surface area is 198 Å². The number of amides is 1. The minimum atomic E-state index is -1.08. The highest BCUT2D eigenvalue weighted by molar-refractivity contribution is 5.86. The first-order valence-corrected chi connectivity index (χ1v) is 13.0. The van der Waals surface area contributed by atoms with E-state index in [2.05, 4.69) is 23.1 Å². The molecule has 0 unspecified atom stereocenters. The van der Waals surface area contributed by atoms with Crippen molar-refractivity contribution in [1.29, 1.82) is 0 Å². The van der Waals surface area contributed by atoms with Crippen molar-refractivity contribution in [3.8, 4) is 5.75 Å². The quantitative estimate of drug-likeness (QED) is 0.559. The molecule has 1 aromatic carbocycles. The number of hydrogen-bond donors (Lipinski definition) is 1. The van der Waals surface area contributed by atoms with Crippen molar-refractivity contribution in [2.75, 3.05) is 26.2 Å². The van der Waals surface area contributed by atoms with Crippen LogP contribution in [0.2, 0.25) is 0 Å². The second-order valence-corrected chi connectivity index (χ2v) is 10.2. The van der Waals surface area contributed by atoms with Crippen molar-refractivity contribution in [1.82, 2.24) is 4.90 Å². The predicted molar refractivity (Wildman–Crippen MR) is 128 cm³/mol. The fourth-order valence-corrected chi connectivity index (χ4v) is 5.89. The Morgan fingerprint density at radius 2 is 1.94 bits per heavy atom. The molecule has 1 amide bonds. The second kappa shape index (κ2) is 10.9. The number of piperidine rings is 1. The lowest BCUT2D eigenvalue weighted by atomic mass is 9.76. The zero-order valence-corrected chi connectivity index (χ0v) is 20.2. The van der Waals surface area contributed by atoms with Gasteiger partial charge in [0.15, 0.2) is 5.60 Å². The van der Waals surface area contributed by atoms with Crippen LogP contribution in [0.1, 0.15) is 88.2 Å². The number of benzene rings is 1. The molecular weight excluding hydrogens is 416 g/mol. The molecule has 33 heavy (non-hydrogen) atoms. The summed E-state index contributed by atoms with van der Waals surface area (Å²) in [4.78, 5) is 26.9. The lowest BCUT2D eigenvalue weighted by molar-refractivity contribution is -0.172. The van der Waals surface area contributed by atoms with Crippen molar-refractivity contribution in [2.45, 2.75) is 89.1 Å². The minimum Gasteiger partial charge on any atom is -0.493 e. The van der Waals surface area contributed by atoms with Gasteiger partial charge in [0.05, 0.1) is 6.61 Å². The van der Waals surface area contributed by atoms with Gasteiger partial charge >= 0.3 is 5.97 Å². The number of nitrogens with two attached hydrogens (primary N) is 1. The molecule has 0 spiro atoms. The summed E-state index contributed by atoms with van der Waals surface area (Å²) in [5.41, 5.74) is 7.54. The topological polar surface area (TPSA) is 81.9 Å². The smallest absolute Gasteiger partial charge is 0.306 e. The van der Waals surface area contributed by atoms with E-state index in [4.69, 9.17) is 15.2 Å². The Balaban J connectivity index is 1.21. The Hall–Kier alpha value is -2.08. The van der Waals surface area contributed by atoms with Crippen LogP contribution in [-0.4, -0.2) is 48.6 Å². The molecule has 4 rings (SSSR count). The average Bonchev–Trinajstić information content (AvgIpc) is 3.32. The molecule has 1 aromatic rings. The number of unbranched alkanes of at least 4 members (excludes halogenated alkanes) is 1. The Morgan fingerprint density at radius 3 is 2.64 bits per heavy atom. The number of likely N-dealkylation sites (tertiary alicyclic amines) is 1. The van der Waals surface area contributed by atoms with E-state index in [-0.39, 0.29) is 5.97 Å². The highest BCUT2D eigenvalue weighted by Gasteiger charge is 2.43. The Morgan fingerprint density at radius 1 is 1.18 bits per heavy atom. The van der Waals surface area contributed by atoms with Crippen molar-refractivity contribution in [2.24, 2.45) is 11.7 Å². The van der Waals surface area contributed by atoms with E-state index in [1.807, 2.05) is 6.92 Å². The monoisotopic (exact) mass is 456 g/mol.